The predicted octanol–water partition coefficient (Wildman–Crippen LogP) is 4.59. The molecule has 0 aliphatic heterocycles. The monoisotopic (exact) mass is 389 g/mol. The first-order valence-corrected chi connectivity index (χ1v) is 8.69. The molecule has 0 radical (unpaired) electrons. The van der Waals surface area contributed by atoms with E-state index in [2.05, 4.69) is 21.2 Å². The van der Waals surface area contributed by atoms with Gasteiger partial charge in [-0.3, -0.25) is 4.79 Å². The van der Waals surface area contributed by atoms with Crippen LogP contribution in [-0.4, -0.2) is 18.5 Å². The zero-order valence-electron chi connectivity index (χ0n) is 13.5. The molecule has 0 fully saturated rings. The molecule has 1 amide bonds. The smallest absolute Gasteiger partial charge is 0.338 e. The van der Waals surface area contributed by atoms with Gasteiger partial charge in [0.2, 0.25) is 5.91 Å². The normalized spacial score (nSPS) is 10.2. The molecule has 2 aromatic carbocycles. The van der Waals surface area contributed by atoms with E-state index in [1.165, 1.54) is 0 Å². The molecule has 2 rings (SSSR count). The van der Waals surface area contributed by atoms with Gasteiger partial charge in [-0.25, -0.2) is 4.79 Å². The lowest BCUT2D eigenvalue weighted by Crippen LogP contribution is -2.14. The Morgan fingerprint density at radius 1 is 1.12 bits per heavy atom. The molecular weight excluding hydrogens is 370 g/mol. The van der Waals surface area contributed by atoms with Crippen molar-refractivity contribution in [3.05, 3.63) is 64.1 Å². The van der Waals surface area contributed by atoms with Crippen LogP contribution in [0.15, 0.2) is 53.0 Å². The van der Waals surface area contributed by atoms with E-state index in [9.17, 15) is 9.59 Å². The number of carbonyl (C=O) groups excluding carboxylic acids is 2. The molecular formula is C19H20BrNO3. The van der Waals surface area contributed by atoms with Gasteiger partial charge in [0.25, 0.3) is 0 Å². The van der Waals surface area contributed by atoms with Crippen LogP contribution in [0.5, 0.6) is 0 Å². The van der Waals surface area contributed by atoms with Crippen LogP contribution in [-0.2, 0) is 16.0 Å². The highest BCUT2D eigenvalue weighted by atomic mass is 79.9. The standard InChI is InChI=1S/C19H20BrNO3/c1-2-3-11-24-19(23)15-7-9-17(10-8-15)21-18(22)13-14-5-4-6-16(20)12-14/h4-10,12H,2-3,11,13H2,1H3,(H,21,22). The van der Waals surface area contributed by atoms with Crippen molar-refractivity contribution >= 4 is 33.5 Å². The summed E-state index contributed by atoms with van der Waals surface area (Å²) >= 11 is 3.39. The number of esters is 1. The van der Waals surface area contributed by atoms with Crippen LogP contribution >= 0.6 is 15.9 Å². The number of nitrogens with one attached hydrogen (secondary N) is 1. The molecule has 0 spiro atoms. The summed E-state index contributed by atoms with van der Waals surface area (Å²) in [6.07, 6.45) is 2.13. The number of halogens is 1. The lowest BCUT2D eigenvalue weighted by atomic mass is 10.1. The van der Waals surface area contributed by atoms with Crippen molar-refractivity contribution in [1.29, 1.82) is 0 Å². The number of anilines is 1. The Morgan fingerprint density at radius 2 is 1.88 bits per heavy atom. The van der Waals surface area contributed by atoms with Crippen molar-refractivity contribution in [3.8, 4) is 0 Å². The van der Waals surface area contributed by atoms with Crippen molar-refractivity contribution in [2.75, 3.05) is 11.9 Å². The Balaban J connectivity index is 1.89. The second-order valence-electron chi connectivity index (χ2n) is 5.42. The van der Waals surface area contributed by atoms with Crippen LogP contribution < -0.4 is 5.32 Å². The minimum Gasteiger partial charge on any atom is -0.462 e. The zero-order chi connectivity index (χ0) is 17.4. The largest absolute Gasteiger partial charge is 0.462 e. The molecule has 0 bridgehead atoms. The van der Waals surface area contributed by atoms with Crippen LogP contribution in [0.2, 0.25) is 0 Å². The summed E-state index contributed by atoms with van der Waals surface area (Å²) in [5.41, 5.74) is 2.06. The highest BCUT2D eigenvalue weighted by molar-refractivity contribution is 9.10. The van der Waals surface area contributed by atoms with E-state index in [-0.39, 0.29) is 11.9 Å². The van der Waals surface area contributed by atoms with Gasteiger partial charge < -0.3 is 10.1 Å². The summed E-state index contributed by atoms with van der Waals surface area (Å²) in [5.74, 6) is -0.443. The molecule has 0 aliphatic carbocycles. The van der Waals surface area contributed by atoms with Crippen LogP contribution in [0.25, 0.3) is 0 Å². The topological polar surface area (TPSA) is 55.4 Å². The number of carbonyl (C=O) groups is 2. The lowest BCUT2D eigenvalue weighted by molar-refractivity contribution is -0.115. The van der Waals surface area contributed by atoms with Crippen LogP contribution in [0.3, 0.4) is 0 Å². The molecule has 24 heavy (non-hydrogen) atoms. The predicted molar refractivity (Wildman–Crippen MR) is 98.1 cm³/mol. The first kappa shape index (κ1) is 18.2. The van der Waals surface area contributed by atoms with Gasteiger partial charge in [0, 0.05) is 10.2 Å². The summed E-state index contributed by atoms with van der Waals surface area (Å²) < 4.78 is 6.09. The summed E-state index contributed by atoms with van der Waals surface area (Å²) in [4.78, 5) is 23.9. The fourth-order valence-corrected chi connectivity index (χ4v) is 2.57. The molecule has 0 aliphatic rings. The lowest BCUT2D eigenvalue weighted by Gasteiger charge is -2.07. The maximum absolute atomic E-state index is 12.1. The van der Waals surface area contributed by atoms with E-state index in [0.717, 1.165) is 22.9 Å². The van der Waals surface area contributed by atoms with Crippen LogP contribution in [0, 0.1) is 0 Å². The van der Waals surface area contributed by atoms with E-state index in [1.54, 1.807) is 24.3 Å². The Bertz CT molecular complexity index is 698. The quantitative estimate of drug-likeness (QED) is 0.556. The second kappa shape index (κ2) is 9.23. The van der Waals surface area contributed by atoms with Gasteiger partial charge >= 0.3 is 5.97 Å². The summed E-state index contributed by atoms with van der Waals surface area (Å²) in [6, 6.07) is 14.3. The van der Waals surface area contributed by atoms with Gasteiger partial charge in [0.1, 0.15) is 0 Å². The van der Waals surface area contributed by atoms with Crippen molar-refractivity contribution in [3.63, 3.8) is 0 Å². The van der Waals surface area contributed by atoms with Gasteiger partial charge in [-0.15, -0.1) is 0 Å². The second-order valence-corrected chi connectivity index (χ2v) is 6.34. The summed E-state index contributed by atoms with van der Waals surface area (Å²) in [5, 5.41) is 2.82. The van der Waals surface area contributed by atoms with Crippen molar-refractivity contribution in [2.45, 2.75) is 26.2 Å². The van der Waals surface area contributed by atoms with Gasteiger partial charge in [-0.05, 0) is 48.4 Å². The Kier molecular flexibility index (Phi) is 7.00. The maximum atomic E-state index is 12.1. The van der Waals surface area contributed by atoms with Gasteiger partial charge in [-0.2, -0.15) is 0 Å². The average Bonchev–Trinajstić information content (AvgIpc) is 2.55. The number of hydrogen-bond donors (Lipinski definition) is 1. The van der Waals surface area contributed by atoms with Crippen LogP contribution in [0.1, 0.15) is 35.7 Å². The van der Waals surface area contributed by atoms with Gasteiger partial charge in [-0.1, -0.05) is 41.4 Å². The van der Waals surface area contributed by atoms with E-state index in [4.69, 9.17) is 4.74 Å². The third kappa shape index (κ3) is 5.81. The summed E-state index contributed by atoms with van der Waals surface area (Å²) in [7, 11) is 0. The van der Waals surface area contributed by atoms with Crippen molar-refractivity contribution in [2.24, 2.45) is 0 Å². The SMILES string of the molecule is CCCCOC(=O)c1ccc(NC(=O)Cc2cccc(Br)c2)cc1. The molecule has 0 saturated heterocycles. The number of unbranched alkanes of at least 4 members (excludes halogenated alkanes) is 1. The van der Waals surface area contributed by atoms with E-state index in [1.807, 2.05) is 31.2 Å². The fourth-order valence-electron chi connectivity index (χ4n) is 2.12. The third-order valence-corrected chi connectivity index (χ3v) is 3.88. The number of ether oxygens (including phenoxy) is 1. The third-order valence-electron chi connectivity index (χ3n) is 3.39. The zero-order valence-corrected chi connectivity index (χ0v) is 15.1. The Hall–Kier alpha value is -2.14. The number of hydrogen-bond acceptors (Lipinski definition) is 3. The Labute approximate surface area is 150 Å². The molecule has 0 saturated carbocycles. The van der Waals surface area contributed by atoms with E-state index in [0.29, 0.717) is 24.3 Å². The molecule has 4 nitrogen and oxygen atoms in total. The van der Waals surface area contributed by atoms with E-state index < -0.39 is 0 Å². The average molecular weight is 390 g/mol. The van der Waals surface area contributed by atoms with Gasteiger partial charge in [0.05, 0.1) is 18.6 Å². The number of benzene rings is 2. The molecule has 2 aromatic rings. The van der Waals surface area contributed by atoms with Crippen molar-refractivity contribution in [1.82, 2.24) is 0 Å². The molecule has 0 unspecified atom stereocenters. The van der Waals surface area contributed by atoms with Gasteiger partial charge in [0.15, 0.2) is 0 Å². The molecule has 1 N–H and O–H groups in total. The highest BCUT2D eigenvalue weighted by Crippen LogP contribution is 2.14. The molecule has 126 valence electrons. The molecule has 5 heteroatoms. The fraction of sp³-hybridized carbons (Fsp3) is 0.263. The van der Waals surface area contributed by atoms with Crippen LogP contribution in [0.4, 0.5) is 5.69 Å². The van der Waals surface area contributed by atoms with Crippen molar-refractivity contribution < 1.29 is 14.3 Å². The molecule has 0 atom stereocenters. The Morgan fingerprint density at radius 3 is 2.54 bits per heavy atom. The summed E-state index contributed by atoms with van der Waals surface area (Å²) in [6.45, 7) is 2.47. The minimum absolute atomic E-state index is 0.105. The van der Waals surface area contributed by atoms with E-state index >= 15 is 0 Å². The minimum atomic E-state index is -0.338. The first-order chi connectivity index (χ1) is 11.6. The number of rotatable bonds is 7. The molecule has 0 heterocycles. The number of amides is 1. The molecule has 0 aromatic heterocycles. The first-order valence-electron chi connectivity index (χ1n) is 7.90. The highest BCUT2D eigenvalue weighted by Gasteiger charge is 2.08. The maximum Gasteiger partial charge on any atom is 0.338 e.